The summed E-state index contributed by atoms with van der Waals surface area (Å²) < 4.78 is 5.04. The van der Waals surface area contributed by atoms with E-state index in [9.17, 15) is 14.4 Å². The molecule has 1 aliphatic rings. The van der Waals surface area contributed by atoms with Gasteiger partial charge in [0.15, 0.2) is 12.4 Å². The monoisotopic (exact) mass is 417 g/mol. The molecule has 1 aliphatic carbocycles. The van der Waals surface area contributed by atoms with Crippen LogP contribution in [0.15, 0.2) is 42.5 Å². The van der Waals surface area contributed by atoms with Gasteiger partial charge in [0.1, 0.15) is 0 Å². The van der Waals surface area contributed by atoms with Gasteiger partial charge in [-0.15, -0.1) is 11.8 Å². The topological polar surface area (TPSA) is 72.5 Å². The average Bonchev–Trinajstić information content (AvgIpc) is 3.15. The van der Waals surface area contributed by atoms with E-state index in [1.54, 1.807) is 30.3 Å². The number of Topliss-reactive ketones (excluding diaryl/α,β-unsaturated/α-hetero) is 1. The molecule has 28 heavy (non-hydrogen) atoms. The van der Waals surface area contributed by atoms with Crippen LogP contribution < -0.4 is 5.32 Å². The molecule has 0 heterocycles. The van der Waals surface area contributed by atoms with Gasteiger partial charge in [0, 0.05) is 16.3 Å². The van der Waals surface area contributed by atoms with Crippen LogP contribution in [0.3, 0.4) is 0 Å². The van der Waals surface area contributed by atoms with Gasteiger partial charge >= 0.3 is 5.97 Å². The number of halogens is 1. The second-order valence-electron chi connectivity index (χ2n) is 6.47. The highest BCUT2D eigenvalue weighted by molar-refractivity contribution is 8.00. The van der Waals surface area contributed by atoms with Crippen molar-refractivity contribution in [2.75, 3.05) is 23.4 Å². The van der Waals surface area contributed by atoms with Crippen molar-refractivity contribution >= 4 is 46.7 Å². The van der Waals surface area contributed by atoms with Gasteiger partial charge in [0.25, 0.3) is 0 Å². The van der Waals surface area contributed by atoms with Crippen LogP contribution in [0.25, 0.3) is 0 Å². The van der Waals surface area contributed by atoms with Crippen LogP contribution in [0.4, 0.5) is 5.69 Å². The number of ketones is 1. The number of ether oxygens (including phenoxy) is 1. The summed E-state index contributed by atoms with van der Waals surface area (Å²) in [6, 6.07) is 12.4. The van der Waals surface area contributed by atoms with Crippen molar-refractivity contribution in [1.29, 1.82) is 0 Å². The van der Waals surface area contributed by atoms with Gasteiger partial charge in [-0.3, -0.25) is 14.4 Å². The maximum Gasteiger partial charge on any atom is 0.316 e. The first-order valence-electron chi connectivity index (χ1n) is 8.95. The molecule has 2 aromatic rings. The molecule has 0 atom stereocenters. The largest absolute Gasteiger partial charge is 0.457 e. The second kappa shape index (κ2) is 9.75. The summed E-state index contributed by atoms with van der Waals surface area (Å²) in [4.78, 5) is 35.9. The molecular formula is C21H20ClNO4S. The van der Waals surface area contributed by atoms with Gasteiger partial charge in [-0.05, 0) is 60.7 Å². The number of rotatable bonds is 8. The standard InChI is InChI=1S/C21H20ClNO4S/c22-17-6-8-18(9-7-17)23-20(25)12-28-13-21(26)27-11-19(24)16-5-4-14-2-1-3-15(14)10-16/h4-10H,1-3,11-13H2,(H,23,25). The molecule has 0 unspecified atom stereocenters. The minimum atomic E-state index is -0.515. The number of carbonyl (C=O) groups excluding carboxylic acids is 3. The molecule has 0 spiro atoms. The van der Waals surface area contributed by atoms with Crippen LogP contribution in [0.2, 0.25) is 5.02 Å². The molecule has 0 saturated carbocycles. The van der Waals surface area contributed by atoms with E-state index in [4.69, 9.17) is 16.3 Å². The van der Waals surface area contributed by atoms with Gasteiger partial charge in [-0.1, -0.05) is 23.7 Å². The van der Waals surface area contributed by atoms with E-state index in [1.165, 1.54) is 11.1 Å². The van der Waals surface area contributed by atoms with Crippen LogP contribution in [0, 0.1) is 0 Å². The van der Waals surface area contributed by atoms with E-state index in [1.807, 2.05) is 12.1 Å². The molecule has 1 amide bonds. The van der Waals surface area contributed by atoms with E-state index in [0.717, 1.165) is 31.0 Å². The smallest absolute Gasteiger partial charge is 0.316 e. The lowest BCUT2D eigenvalue weighted by Crippen LogP contribution is -2.18. The van der Waals surface area contributed by atoms with Crippen molar-refractivity contribution < 1.29 is 19.1 Å². The Kier molecular flexibility index (Phi) is 7.12. The number of benzene rings is 2. The molecular weight excluding hydrogens is 398 g/mol. The first-order valence-corrected chi connectivity index (χ1v) is 10.5. The summed E-state index contributed by atoms with van der Waals surface area (Å²) in [7, 11) is 0. The number of carbonyl (C=O) groups is 3. The maximum absolute atomic E-state index is 12.2. The number of esters is 1. The summed E-state index contributed by atoms with van der Waals surface area (Å²) in [6.45, 7) is -0.283. The molecule has 0 bridgehead atoms. The number of hydrogen-bond acceptors (Lipinski definition) is 5. The Hall–Kier alpha value is -2.31. The fraction of sp³-hybridized carbons (Fsp3) is 0.286. The molecule has 5 nitrogen and oxygen atoms in total. The Morgan fingerprint density at radius 2 is 1.75 bits per heavy atom. The molecule has 0 aliphatic heterocycles. The van der Waals surface area contributed by atoms with Crippen molar-refractivity contribution in [3.8, 4) is 0 Å². The molecule has 3 rings (SSSR count). The quantitative estimate of drug-likeness (QED) is 0.520. The van der Waals surface area contributed by atoms with Crippen LogP contribution in [-0.2, 0) is 27.2 Å². The van der Waals surface area contributed by atoms with E-state index >= 15 is 0 Å². The number of thioether (sulfide) groups is 1. The second-order valence-corrected chi connectivity index (χ2v) is 7.89. The molecule has 146 valence electrons. The van der Waals surface area contributed by atoms with Crippen molar-refractivity contribution in [3.63, 3.8) is 0 Å². The van der Waals surface area contributed by atoms with Gasteiger partial charge in [-0.25, -0.2) is 0 Å². The SMILES string of the molecule is O=C(CSCC(=O)OCC(=O)c1ccc2c(c1)CCC2)Nc1ccc(Cl)cc1. The Morgan fingerprint density at radius 3 is 2.54 bits per heavy atom. The molecule has 2 aromatic carbocycles. The lowest BCUT2D eigenvalue weighted by molar-refractivity contribution is -0.139. The summed E-state index contributed by atoms with van der Waals surface area (Å²) in [5.41, 5.74) is 3.71. The van der Waals surface area contributed by atoms with E-state index in [0.29, 0.717) is 16.3 Å². The summed E-state index contributed by atoms with van der Waals surface area (Å²) in [5, 5.41) is 3.30. The zero-order valence-corrected chi connectivity index (χ0v) is 16.8. The molecule has 0 fully saturated rings. The van der Waals surface area contributed by atoms with Crippen molar-refractivity contribution in [2.24, 2.45) is 0 Å². The van der Waals surface area contributed by atoms with Crippen LogP contribution in [-0.4, -0.2) is 35.8 Å². The predicted octanol–water partition coefficient (Wildman–Crippen LogP) is 3.93. The Morgan fingerprint density at radius 1 is 1.00 bits per heavy atom. The number of aryl methyl sites for hydroxylation is 2. The van der Waals surface area contributed by atoms with E-state index in [-0.39, 0.29) is 29.8 Å². The van der Waals surface area contributed by atoms with Gasteiger partial charge in [0.2, 0.25) is 5.91 Å². The van der Waals surface area contributed by atoms with Crippen LogP contribution in [0.1, 0.15) is 27.9 Å². The van der Waals surface area contributed by atoms with Gasteiger partial charge in [-0.2, -0.15) is 0 Å². The lowest BCUT2D eigenvalue weighted by Gasteiger charge is -2.07. The van der Waals surface area contributed by atoms with E-state index < -0.39 is 5.97 Å². The molecule has 7 heteroatoms. The van der Waals surface area contributed by atoms with Crippen LogP contribution in [0.5, 0.6) is 0 Å². The third-order valence-electron chi connectivity index (χ3n) is 4.37. The first kappa shape index (κ1) is 20.4. The van der Waals surface area contributed by atoms with Gasteiger partial charge < -0.3 is 10.1 Å². The number of hydrogen-bond donors (Lipinski definition) is 1. The summed E-state index contributed by atoms with van der Waals surface area (Å²) in [6.07, 6.45) is 3.16. The molecule has 0 radical (unpaired) electrons. The maximum atomic E-state index is 12.2. The highest BCUT2D eigenvalue weighted by Gasteiger charge is 2.15. The highest BCUT2D eigenvalue weighted by Crippen LogP contribution is 2.23. The van der Waals surface area contributed by atoms with Crippen molar-refractivity contribution in [2.45, 2.75) is 19.3 Å². The minimum absolute atomic E-state index is 0.00546. The summed E-state index contributed by atoms with van der Waals surface area (Å²) >= 11 is 6.92. The third-order valence-corrected chi connectivity index (χ3v) is 5.52. The molecule has 0 aromatic heterocycles. The van der Waals surface area contributed by atoms with Crippen LogP contribution >= 0.6 is 23.4 Å². The lowest BCUT2D eigenvalue weighted by atomic mass is 10.0. The Bertz CT molecular complexity index is 882. The molecule has 0 saturated heterocycles. The zero-order chi connectivity index (χ0) is 19.9. The van der Waals surface area contributed by atoms with E-state index in [2.05, 4.69) is 5.32 Å². The van der Waals surface area contributed by atoms with Gasteiger partial charge in [0.05, 0.1) is 11.5 Å². The number of amides is 1. The third kappa shape index (κ3) is 5.84. The first-order chi connectivity index (χ1) is 13.5. The highest BCUT2D eigenvalue weighted by atomic mass is 35.5. The fourth-order valence-corrected chi connectivity index (χ4v) is 3.71. The summed E-state index contributed by atoms with van der Waals surface area (Å²) in [5.74, 6) is -0.844. The number of fused-ring (bicyclic) bond motifs is 1. The Balaban J connectivity index is 1.35. The number of anilines is 1. The zero-order valence-electron chi connectivity index (χ0n) is 15.2. The fourth-order valence-electron chi connectivity index (χ4n) is 2.97. The normalized spacial score (nSPS) is 12.3. The van der Waals surface area contributed by atoms with Crippen molar-refractivity contribution in [3.05, 3.63) is 64.2 Å². The average molecular weight is 418 g/mol. The minimum Gasteiger partial charge on any atom is -0.457 e. The molecule has 1 N–H and O–H groups in total. The predicted molar refractivity (Wildman–Crippen MR) is 111 cm³/mol. The van der Waals surface area contributed by atoms with Crippen molar-refractivity contribution in [1.82, 2.24) is 0 Å². The number of nitrogens with one attached hydrogen (secondary N) is 1. The Labute approximate surface area is 172 Å².